The van der Waals surface area contributed by atoms with Crippen molar-refractivity contribution >= 4 is 17.5 Å². The quantitative estimate of drug-likeness (QED) is 0.771. The number of rotatable bonds is 3. The molecule has 0 saturated carbocycles. The first-order valence-corrected chi connectivity index (χ1v) is 9.81. The van der Waals surface area contributed by atoms with Crippen molar-refractivity contribution in [3.05, 3.63) is 64.9 Å². The molecule has 2 aliphatic rings. The smallest absolute Gasteiger partial charge is 0.258 e. The van der Waals surface area contributed by atoms with Crippen LogP contribution in [0.4, 0.5) is 8.78 Å². The summed E-state index contributed by atoms with van der Waals surface area (Å²) in [7, 11) is 0. The second-order valence-electron chi connectivity index (χ2n) is 7.75. The molecule has 1 aromatic heterocycles. The largest absolute Gasteiger partial charge is 0.338 e. The van der Waals surface area contributed by atoms with E-state index in [1.807, 2.05) is 23.1 Å². The molecule has 4 nitrogen and oxygen atoms in total. The molecular formula is C21H22ClF2N3O. The standard InChI is InChI=1S/C21H22ClF2N3O/c22-17-5-3-4-16(12-17)19(28)27-11-8-21(23,24)20(15-27)7-10-26(14-20)13-18-6-1-2-9-25-18/h1-6,9,12H,7-8,10-11,13-15H2. The average molecular weight is 406 g/mol. The van der Waals surface area contributed by atoms with Gasteiger partial charge in [-0.15, -0.1) is 0 Å². The summed E-state index contributed by atoms with van der Waals surface area (Å²) in [5.74, 6) is -3.03. The molecule has 1 amide bonds. The highest BCUT2D eigenvalue weighted by molar-refractivity contribution is 6.30. The van der Waals surface area contributed by atoms with Gasteiger partial charge in [-0.2, -0.15) is 0 Å². The molecule has 0 N–H and O–H groups in total. The van der Waals surface area contributed by atoms with E-state index in [1.54, 1.807) is 35.4 Å². The topological polar surface area (TPSA) is 36.4 Å². The molecule has 1 spiro atoms. The van der Waals surface area contributed by atoms with Crippen molar-refractivity contribution in [2.45, 2.75) is 25.3 Å². The van der Waals surface area contributed by atoms with Crippen LogP contribution in [0.2, 0.25) is 5.02 Å². The number of benzene rings is 1. The number of hydrogen-bond acceptors (Lipinski definition) is 3. The molecule has 1 unspecified atom stereocenters. The molecule has 3 heterocycles. The minimum absolute atomic E-state index is 0.0559. The van der Waals surface area contributed by atoms with Crippen LogP contribution in [0.3, 0.4) is 0 Å². The van der Waals surface area contributed by atoms with Crippen LogP contribution in [-0.4, -0.2) is 52.8 Å². The van der Waals surface area contributed by atoms with E-state index in [9.17, 15) is 13.6 Å². The fourth-order valence-corrected chi connectivity index (χ4v) is 4.51. The van der Waals surface area contributed by atoms with Gasteiger partial charge in [-0.1, -0.05) is 23.7 Å². The molecule has 1 atom stereocenters. The average Bonchev–Trinajstić information content (AvgIpc) is 3.08. The number of halogens is 3. The molecule has 2 fully saturated rings. The van der Waals surface area contributed by atoms with Crippen LogP contribution in [0, 0.1) is 5.41 Å². The van der Waals surface area contributed by atoms with Gasteiger partial charge >= 0.3 is 0 Å². The lowest BCUT2D eigenvalue weighted by Crippen LogP contribution is -2.58. The van der Waals surface area contributed by atoms with Gasteiger partial charge in [0.25, 0.3) is 11.8 Å². The van der Waals surface area contributed by atoms with Gasteiger partial charge in [0.2, 0.25) is 0 Å². The summed E-state index contributed by atoms with van der Waals surface area (Å²) in [4.78, 5) is 20.8. The van der Waals surface area contributed by atoms with Gasteiger partial charge in [0.15, 0.2) is 0 Å². The van der Waals surface area contributed by atoms with Crippen LogP contribution in [0.25, 0.3) is 0 Å². The van der Waals surface area contributed by atoms with Crippen LogP contribution < -0.4 is 0 Å². The summed E-state index contributed by atoms with van der Waals surface area (Å²) in [5, 5.41) is 0.463. The SMILES string of the molecule is O=C(c1cccc(Cl)c1)N1CCC(F)(F)C2(CCN(Cc3ccccn3)C2)C1. The van der Waals surface area contributed by atoms with Gasteiger partial charge < -0.3 is 4.90 Å². The summed E-state index contributed by atoms with van der Waals surface area (Å²) in [6.45, 7) is 1.49. The first-order chi connectivity index (χ1) is 13.4. The Labute approximate surface area is 168 Å². The lowest BCUT2D eigenvalue weighted by atomic mass is 9.75. The van der Waals surface area contributed by atoms with E-state index in [4.69, 9.17) is 11.6 Å². The third-order valence-corrected chi connectivity index (χ3v) is 6.10. The minimum Gasteiger partial charge on any atom is -0.338 e. The van der Waals surface area contributed by atoms with Crippen LogP contribution in [0.5, 0.6) is 0 Å². The number of likely N-dealkylation sites (tertiary alicyclic amines) is 2. The molecule has 28 heavy (non-hydrogen) atoms. The number of hydrogen-bond donors (Lipinski definition) is 0. The second kappa shape index (κ2) is 7.41. The summed E-state index contributed by atoms with van der Waals surface area (Å²) in [6.07, 6.45) is 1.77. The lowest BCUT2D eigenvalue weighted by Gasteiger charge is -2.46. The van der Waals surface area contributed by atoms with Crippen molar-refractivity contribution in [2.24, 2.45) is 5.41 Å². The third-order valence-electron chi connectivity index (χ3n) is 5.87. The van der Waals surface area contributed by atoms with Crippen molar-refractivity contribution in [1.29, 1.82) is 0 Å². The zero-order valence-corrected chi connectivity index (χ0v) is 16.2. The number of carbonyl (C=O) groups excluding carboxylic acids is 1. The maximum atomic E-state index is 15.0. The maximum Gasteiger partial charge on any atom is 0.258 e. The van der Waals surface area contributed by atoms with E-state index in [0.717, 1.165) is 5.69 Å². The first-order valence-electron chi connectivity index (χ1n) is 9.44. The van der Waals surface area contributed by atoms with Gasteiger partial charge in [0.1, 0.15) is 0 Å². The highest BCUT2D eigenvalue weighted by atomic mass is 35.5. The van der Waals surface area contributed by atoms with Crippen molar-refractivity contribution < 1.29 is 13.6 Å². The van der Waals surface area contributed by atoms with Crippen LogP contribution >= 0.6 is 11.6 Å². The molecule has 2 saturated heterocycles. The second-order valence-corrected chi connectivity index (χ2v) is 8.19. The van der Waals surface area contributed by atoms with E-state index in [0.29, 0.717) is 30.1 Å². The number of pyridine rings is 1. The Morgan fingerprint density at radius 3 is 2.71 bits per heavy atom. The van der Waals surface area contributed by atoms with Gasteiger partial charge in [-0.3, -0.25) is 14.7 Å². The molecule has 1 aromatic carbocycles. The molecule has 2 aromatic rings. The molecule has 0 bridgehead atoms. The summed E-state index contributed by atoms with van der Waals surface area (Å²) in [6, 6.07) is 12.3. The third kappa shape index (κ3) is 3.63. The number of nitrogens with zero attached hydrogens (tertiary/aromatic N) is 3. The molecular weight excluding hydrogens is 384 g/mol. The van der Waals surface area contributed by atoms with E-state index in [1.165, 1.54) is 0 Å². The number of piperidine rings is 1. The normalized spacial score (nSPS) is 24.6. The first kappa shape index (κ1) is 19.3. The molecule has 4 rings (SSSR count). The summed E-state index contributed by atoms with van der Waals surface area (Å²) >= 11 is 5.99. The fraction of sp³-hybridized carbons (Fsp3) is 0.429. The zero-order valence-electron chi connectivity index (χ0n) is 15.5. The number of alkyl halides is 2. The number of amides is 1. The van der Waals surface area contributed by atoms with Gasteiger partial charge in [-0.05, 0) is 43.3 Å². The predicted octanol–water partition coefficient (Wildman–Crippen LogP) is 4.11. The lowest BCUT2D eigenvalue weighted by molar-refractivity contribution is -0.155. The molecule has 7 heteroatoms. The predicted molar refractivity (Wildman–Crippen MR) is 103 cm³/mol. The van der Waals surface area contributed by atoms with Crippen LogP contribution in [-0.2, 0) is 6.54 Å². The van der Waals surface area contributed by atoms with Crippen molar-refractivity contribution in [2.75, 3.05) is 26.2 Å². The van der Waals surface area contributed by atoms with Crippen molar-refractivity contribution in [1.82, 2.24) is 14.8 Å². The molecule has 0 aliphatic carbocycles. The Balaban J connectivity index is 1.51. The van der Waals surface area contributed by atoms with Crippen LogP contribution in [0.1, 0.15) is 28.9 Å². The number of aromatic nitrogens is 1. The maximum absolute atomic E-state index is 15.0. The van der Waals surface area contributed by atoms with E-state index in [-0.39, 0.29) is 32.0 Å². The monoisotopic (exact) mass is 405 g/mol. The van der Waals surface area contributed by atoms with Gasteiger partial charge in [-0.25, -0.2) is 8.78 Å². The van der Waals surface area contributed by atoms with Gasteiger partial charge in [0, 0.05) is 49.4 Å². The Hall–Kier alpha value is -2.05. The summed E-state index contributed by atoms with van der Waals surface area (Å²) in [5.41, 5.74) is 0.0931. The Kier molecular flexibility index (Phi) is 5.10. The summed E-state index contributed by atoms with van der Waals surface area (Å²) < 4.78 is 30.0. The van der Waals surface area contributed by atoms with Gasteiger partial charge in [0.05, 0.1) is 11.1 Å². The Morgan fingerprint density at radius 2 is 1.96 bits per heavy atom. The zero-order chi connectivity index (χ0) is 19.8. The Morgan fingerprint density at radius 1 is 1.11 bits per heavy atom. The van der Waals surface area contributed by atoms with Crippen molar-refractivity contribution in [3.63, 3.8) is 0 Å². The van der Waals surface area contributed by atoms with E-state index >= 15 is 0 Å². The highest BCUT2D eigenvalue weighted by Crippen LogP contribution is 2.49. The minimum atomic E-state index is -2.79. The van der Waals surface area contributed by atoms with E-state index in [2.05, 4.69) is 4.98 Å². The molecule has 2 aliphatic heterocycles. The fourth-order valence-electron chi connectivity index (χ4n) is 4.32. The highest BCUT2D eigenvalue weighted by Gasteiger charge is 2.59. The van der Waals surface area contributed by atoms with Crippen LogP contribution in [0.15, 0.2) is 48.7 Å². The molecule has 148 valence electrons. The number of carbonyl (C=O) groups is 1. The van der Waals surface area contributed by atoms with Crippen molar-refractivity contribution in [3.8, 4) is 0 Å². The van der Waals surface area contributed by atoms with E-state index < -0.39 is 11.3 Å². The molecule has 0 radical (unpaired) electrons. The Bertz CT molecular complexity index is 864.